The second kappa shape index (κ2) is 6.15. The molecule has 1 heterocycles. The maximum atomic E-state index is 6.13. The molecule has 1 fully saturated rings. The number of unbranched alkanes of at least 4 members (excludes halogenated alkanes) is 3. The Bertz CT molecular complexity index is 587. The Hall–Kier alpha value is -1.06. The lowest BCUT2D eigenvalue weighted by atomic mass is 10.1. The van der Waals surface area contributed by atoms with Gasteiger partial charge in [0.15, 0.2) is 0 Å². The van der Waals surface area contributed by atoms with Gasteiger partial charge < -0.3 is 10.3 Å². The molecule has 0 unspecified atom stereocenters. The highest BCUT2D eigenvalue weighted by Gasteiger charge is 2.27. The normalized spacial score (nSPS) is 15.1. The molecule has 1 saturated carbocycles. The van der Waals surface area contributed by atoms with Crippen molar-refractivity contribution in [1.82, 2.24) is 9.55 Å². The zero-order valence-corrected chi connectivity index (χ0v) is 12.6. The van der Waals surface area contributed by atoms with Gasteiger partial charge in [0.05, 0.1) is 11.0 Å². The minimum absolute atomic E-state index is 0.650. The van der Waals surface area contributed by atoms with Gasteiger partial charge in [-0.25, -0.2) is 4.98 Å². The number of hydrogen-bond acceptors (Lipinski definition) is 2. The van der Waals surface area contributed by atoms with Crippen LogP contribution in [0.3, 0.4) is 0 Å². The fourth-order valence-electron chi connectivity index (χ4n) is 2.81. The third kappa shape index (κ3) is 2.99. The summed E-state index contributed by atoms with van der Waals surface area (Å²) in [5.74, 6) is 1.23. The number of hydrogen-bond donors (Lipinski definition) is 1. The number of rotatable bonds is 7. The number of benzene rings is 1. The van der Waals surface area contributed by atoms with E-state index in [1.54, 1.807) is 0 Å². The van der Waals surface area contributed by atoms with Gasteiger partial charge in [-0.1, -0.05) is 24.4 Å². The molecule has 20 heavy (non-hydrogen) atoms. The zero-order chi connectivity index (χ0) is 13.9. The predicted molar refractivity (Wildman–Crippen MR) is 84.2 cm³/mol. The van der Waals surface area contributed by atoms with Crippen LogP contribution in [0.1, 0.15) is 50.4 Å². The van der Waals surface area contributed by atoms with Gasteiger partial charge in [-0.3, -0.25) is 0 Å². The molecule has 0 amide bonds. The second-order valence-electron chi connectivity index (χ2n) is 5.72. The highest BCUT2D eigenvalue weighted by atomic mass is 35.5. The number of aryl methyl sites for hydroxylation is 1. The van der Waals surface area contributed by atoms with E-state index in [0.717, 1.165) is 29.9 Å². The van der Waals surface area contributed by atoms with Crippen molar-refractivity contribution in [2.75, 3.05) is 6.54 Å². The molecule has 0 spiro atoms. The molecule has 0 radical (unpaired) electrons. The van der Waals surface area contributed by atoms with Crippen LogP contribution in [0.25, 0.3) is 11.0 Å². The summed E-state index contributed by atoms with van der Waals surface area (Å²) in [6.45, 7) is 0.805. The van der Waals surface area contributed by atoms with Crippen molar-refractivity contribution >= 4 is 22.6 Å². The molecule has 0 saturated heterocycles. The molecule has 1 aromatic heterocycles. The van der Waals surface area contributed by atoms with Crippen LogP contribution in [-0.4, -0.2) is 16.1 Å². The monoisotopic (exact) mass is 291 g/mol. The lowest BCUT2D eigenvalue weighted by Crippen LogP contribution is -2.02. The molecule has 0 bridgehead atoms. The molecule has 2 aromatic rings. The van der Waals surface area contributed by atoms with Crippen molar-refractivity contribution in [3.05, 3.63) is 29.0 Å². The summed E-state index contributed by atoms with van der Waals surface area (Å²) in [4.78, 5) is 4.81. The molecule has 2 N–H and O–H groups in total. The first kappa shape index (κ1) is 13.9. The Labute approximate surface area is 125 Å². The topological polar surface area (TPSA) is 43.8 Å². The molecule has 1 aliphatic rings. The Balaban J connectivity index is 1.77. The lowest BCUT2D eigenvalue weighted by Gasteiger charge is -2.07. The smallest absolute Gasteiger partial charge is 0.110 e. The van der Waals surface area contributed by atoms with Crippen LogP contribution >= 0.6 is 11.6 Å². The van der Waals surface area contributed by atoms with Crippen LogP contribution in [0.4, 0.5) is 0 Å². The van der Waals surface area contributed by atoms with Crippen molar-refractivity contribution in [3.63, 3.8) is 0 Å². The summed E-state index contributed by atoms with van der Waals surface area (Å²) in [5, 5.41) is 0.800. The number of nitrogens with zero attached hydrogens (tertiary/aromatic N) is 2. The Morgan fingerprint density at radius 1 is 1.20 bits per heavy atom. The molecule has 0 atom stereocenters. The molecule has 1 aromatic carbocycles. The van der Waals surface area contributed by atoms with E-state index in [-0.39, 0.29) is 0 Å². The summed E-state index contributed by atoms with van der Waals surface area (Å²) in [6, 6.07) is 6.67. The van der Waals surface area contributed by atoms with E-state index < -0.39 is 0 Å². The zero-order valence-electron chi connectivity index (χ0n) is 11.8. The van der Waals surface area contributed by atoms with Crippen LogP contribution in [-0.2, 0) is 6.42 Å². The van der Waals surface area contributed by atoms with Gasteiger partial charge in [-0.2, -0.15) is 0 Å². The van der Waals surface area contributed by atoms with E-state index in [9.17, 15) is 0 Å². The van der Waals surface area contributed by atoms with Gasteiger partial charge in [-0.15, -0.1) is 0 Å². The quantitative estimate of drug-likeness (QED) is 0.781. The van der Waals surface area contributed by atoms with Crippen molar-refractivity contribution in [2.24, 2.45) is 5.73 Å². The maximum Gasteiger partial charge on any atom is 0.110 e. The summed E-state index contributed by atoms with van der Waals surface area (Å²) in [5.41, 5.74) is 7.82. The highest BCUT2D eigenvalue weighted by molar-refractivity contribution is 6.31. The van der Waals surface area contributed by atoms with Gasteiger partial charge >= 0.3 is 0 Å². The third-order valence-corrected chi connectivity index (χ3v) is 4.23. The van der Waals surface area contributed by atoms with Gasteiger partial charge in [0.25, 0.3) is 0 Å². The molecular formula is C16H22ClN3. The van der Waals surface area contributed by atoms with E-state index in [1.165, 1.54) is 43.4 Å². The highest BCUT2D eigenvalue weighted by Crippen LogP contribution is 2.39. The molecular weight excluding hydrogens is 270 g/mol. The largest absolute Gasteiger partial charge is 0.330 e. The molecule has 108 valence electrons. The van der Waals surface area contributed by atoms with Gasteiger partial charge in [0.2, 0.25) is 0 Å². The van der Waals surface area contributed by atoms with Crippen molar-refractivity contribution < 1.29 is 0 Å². The van der Waals surface area contributed by atoms with Crippen LogP contribution in [0, 0.1) is 0 Å². The number of imidazole rings is 1. The van der Waals surface area contributed by atoms with Crippen LogP contribution in [0.15, 0.2) is 18.2 Å². The predicted octanol–water partition coefficient (Wildman–Crippen LogP) is 4.09. The van der Waals surface area contributed by atoms with Crippen molar-refractivity contribution in [3.8, 4) is 0 Å². The summed E-state index contributed by atoms with van der Waals surface area (Å²) in [6.07, 6.45) is 8.42. The number of nitrogens with two attached hydrogens (primary N) is 1. The fourth-order valence-corrected chi connectivity index (χ4v) is 2.98. The summed E-state index contributed by atoms with van der Waals surface area (Å²) in [7, 11) is 0. The Morgan fingerprint density at radius 3 is 2.75 bits per heavy atom. The summed E-state index contributed by atoms with van der Waals surface area (Å²) < 4.78 is 2.42. The van der Waals surface area contributed by atoms with Crippen LogP contribution < -0.4 is 5.73 Å². The SMILES string of the molecule is NCCCCCCc1nc2ccc(Cl)cc2n1C1CC1. The first-order valence-corrected chi connectivity index (χ1v) is 8.04. The Morgan fingerprint density at radius 2 is 2.00 bits per heavy atom. The van der Waals surface area contributed by atoms with E-state index in [1.807, 2.05) is 12.1 Å². The standard InChI is InChI=1S/C16H22ClN3/c17-12-6-9-14-15(11-12)20(13-7-8-13)16(19-14)5-3-1-2-4-10-18/h6,9,11,13H,1-5,7-8,10,18H2. The molecule has 3 rings (SSSR count). The average Bonchev–Trinajstić information content (AvgIpc) is 3.21. The van der Waals surface area contributed by atoms with E-state index in [2.05, 4.69) is 10.6 Å². The number of aromatic nitrogens is 2. The van der Waals surface area contributed by atoms with Crippen LogP contribution in [0.5, 0.6) is 0 Å². The van der Waals surface area contributed by atoms with Gasteiger partial charge in [0.1, 0.15) is 5.82 Å². The lowest BCUT2D eigenvalue weighted by molar-refractivity contribution is 0.612. The van der Waals surface area contributed by atoms with Gasteiger partial charge in [0, 0.05) is 17.5 Å². The average molecular weight is 292 g/mol. The first-order chi connectivity index (χ1) is 9.79. The minimum atomic E-state index is 0.650. The second-order valence-corrected chi connectivity index (χ2v) is 6.15. The maximum absolute atomic E-state index is 6.13. The molecule has 0 aliphatic heterocycles. The molecule has 4 heteroatoms. The van der Waals surface area contributed by atoms with E-state index in [4.69, 9.17) is 22.3 Å². The van der Waals surface area contributed by atoms with E-state index >= 15 is 0 Å². The molecule has 3 nitrogen and oxygen atoms in total. The Kier molecular flexibility index (Phi) is 4.27. The van der Waals surface area contributed by atoms with Gasteiger partial charge in [-0.05, 0) is 50.4 Å². The number of halogens is 1. The van der Waals surface area contributed by atoms with Crippen molar-refractivity contribution in [1.29, 1.82) is 0 Å². The van der Waals surface area contributed by atoms with Crippen LogP contribution in [0.2, 0.25) is 5.02 Å². The third-order valence-electron chi connectivity index (χ3n) is 3.99. The first-order valence-electron chi connectivity index (χ1n) is 7.66. The van der Waals surface area contributed by atoms with Crippen molar-refractivity contribution in [2.45, 2.75) is 51.0 Å². The number of fused-ring (bicyclic) bond motifs is 1. The molecule has 1 aliphatic carbocycles. The minimum Gasteiger partial charge on any atom is -0.330 e. The fraction of sp³-hybridized carbons (Fsp3) is 0.562. The van der Waals surface area contributed by atoms with E-state index in [0.29, 0.717) is 6.04 Å². The summed E-state index contributed by atoms with van der Waals surface area (Å²) >= 11 is 6.13.